The van der Waals surface area contributed by atoms with Gasteiger partial charge in [-0.15, -0.1) is 0 Å². The third-order valence-corrected chi connectivity index (χ3v) is 11.7. The quantitative estimate of drug-likeness (QED) is 0.162. The smallest absolute Gasteiger partial charge is 0.144 e. The number of nitrogens with zero attached hydrogens (tertiary/aromatic N) is 2. The molecule has 4 heteroatoms. The lowest BCUT2D eigenvalue weighted by atomic mass is 9.95. The molecule has 0 fully saturated rings. The Morgan fingerprint density at radius 3 is 1.20 bits per heavy atom. The molecule has 0 spiro atoms. The lowest BCUT2D eigenvalue weighted by molar-refractivity contribution is 0.665. The highest BCUT2D eigenvalue weighted by Crippen LogP contribution is 2.47. The van der Waals surface area contributed by atoms with Crippen molar-refractivity contribution in [3.8, 4) is 11.1 Å². The molecule has 12 aromatic rings. The number of fused-ring (bicyclic) bond motifs is 8. The van der Waals surface area contributed by atoms with E-state index in [1.807, 2.05) is 0 Å². The molecule has 0 saturated heterocycles. The van der Waals surface area contributed by atoms with Gasteiger partial charge in [-0.3, -0.25) is 0 Å². The van der Waals surface area contributed by atoms with E-state index in [1.165, 1.54) is 0 Å². The molecule has 0 bridgehead atoms. The van der Waals surface area contributed by atoms with E-state index in [1.54, 1.807) is 0 Å². The molecule has 10 aromatic carbocycles. The van der Waals surface area contributed by atoms with Crippen LogP contribution in [-0.4, -0.2) is 0 Å². The summed E-state index contributed by atoms with van der Waals surface area (Å²) in [7, 11) is 0. The summed E-state index contributed by atoms with van der Waals surface area (Å²) in [5.74, 6) is 0. The van der Waals surface area contributed by atoms with E-state index < -0.39 is 0 Å². The molecule has 0 saturated carbocycles. The van der Waals surface area contributed by atoms with Crippen molar-refractivity contribution in [1.82, 2.24) is 0 Å². The van der Waals surface area contributed by atoms with Gasteiger partial charge in [-0.1, -0.05) is 115 Å². The number of benzene rings is 10. The molecule has 0 radical (unpaired) electrons. The van der Waals surface area contributed by atoms with Gasteiger partial charge >= 0.3 is 0 Å². The van der Waals surface area contributed by atoms with Gasteiger partial charge in [0.25, 0.3) is 0 Å². The van der Waals surface area contributed by atoms with Crippen LogP contribution >= 0.6 is 0 Å². The lowest BCUT2D eigenvalue weighted by Crippen LogP contribution is -2.09. The molecule has 4 nitrogen and oxygen atoms in total. The van der Waals surface area contributed by atoms with Crippen molar-refractivity contribution in [1.29, 1.82) is 0 Å². The number of rotatable bonds is 7. The number of para-hydroxylation sites is 4. The largest absolute Gasteiger partial charge is 0.456 e. The van der Waals surface area contributed by atoms with Crippen LogP contribution in [-0.2, 0) is 0 Å². The van der Waals surface area contributed by atoms with Crippen molar-refractivity contribution in [3.05, 3.63) is 218 Å². The fraction of sp³-hybridized carbons (Fsp3) is 0. The van der Waals surface area contributed by atoms with E-state index in [9.17, 15) is 0 Å². The maximum Gasteiger partial charge on any atom is 0.144 e. The van der Waals surface area contributed by atoms with Gasteiger partial charge in [0.05, 0.1) is 0 Å². The van der Waals surface area contributed by atoms with Crippen LogP contribution in [0.4, 0.5) is 34.1 Å². The third-order valence-electron chi connectivity index (χ3n) is 11.7. The van der Waals surface area contributed by atoms with E-state index in [0.717, 1.165) is 111 Å². The average Bonchev–Trinajstić information content (AvgIpc) is 3.84. The predicted molar refractivity (Wildman–Crippen MR) is 251 cm³/mol. The van der Waals surface area contributed by atoms with Crippen molar-refractivity contribution >= 4 is 99.5 Å². The second-order valence-corrected chi connectivity index (χ2v) is 15.3. The van der Waals surface area contributed by atoms with Crippen molar-refractivity contribution in [2.75, 3.05) is 9.80 Å². The summed E-state index contributed by atoms with van der Waals surface area (Å²) in [4.78, 5) is 4.59. The zero-order chi connectivity index (χ0) is 39.6. The first-order valence-electron chi connectivity index (χ1n) is 20.3. The monoisotopic (exact) mass is 768 g/mol. The van der Waals surface area contributed by atoms with E-state index in [-0.39, 0.29) is 0 Å². The molecular weight excluding hydrogens is 733 g/mol. The molecular formula is C56H36N2O2. The van der Waals surface area contributed by atoms with Crippen molar-refractivity contribution < 1.29 is 8.83 Å². The summed E-state index contributed by atoms with van der Waals surface area (Å²) >= 11 is 0. The maximum absolute atomic E-state index is 6.99. The van der Waals surface area contributed by atoms with Gasteiger partial charge in [-0.2, -0.15) is 0 Å². The fourth-order valence-corrected chi connectivity index (χ4v) is 8.99. The molecule has 12 rings (SSSR count). The van der Waals surface area contributed by atoms with Gasteiger partial charge in [-0.25, -0.2) is 0 Å². The molecule has 0 aliphatic carbocycles. The topological polar surface area (TPSA) is 32.8 Å². The summed E-state index contributed by atoms with van der Waals surface area (Å²) in [5, 5.41) is 8.70. The molecule has 2 aromatic heterocycles. The van der Waals surface area contributed by atoms with Crippen LogP contribution in [0.5, 0.6) is 0 Å². The first-order chi connectivity index (χ1) is 29.7. The normalized spacial score (nSPS) is 11.7. The summed E-state index contributed by atoms with van der Waals surface area (Å²) in [6.07, 6.45) is 0. The van der Waals surface area contributed by atoms with Crippen molar-refractivity contribution in [3.63, 3.8) is 0 Å². The molecule has 0 unspecified atom stereocenters. The molecule has 0 N–H and O–H groups in total. The number of furan rings is 2. The Balaban J connectivity index is 1.04. The number of anilines is 6. The minimum absolute atomic E-state index is 0.835. The molecule has 60 heavy (non-hydrogen) atoms. The third kappa shape index (κ3) is 5.61. The summed E-state index contributed by atoms with van der Waals surface area (Å²) in [6, 6.07) is 77.1. The number of hydrogen-bond acceptors (Lipinski definition) is 4. The maximum atomic E-state index is 6.99. The molecule has 0 atom stereocenters. The van der Waals surface area contributed by atoms with E-state index in [2.05, 4.69) is 228 Å². The van der Waals surface area contributed by atoms with E-state index >= 15 is 0 Å². The molecule has 0 aliphatic rings. The minimum atomic E-state index is 0.835. The summed E-state index contributed by atoms with van der Waals surface area (Å²) in [5.41, 5.74) is 12.1. The summed E-state index contributed by atoms with van der Waals surface area (Å²) in [6.45, 7) is 0. The Kier molecular flexibility index (Phi) is 7.82. The molecule has 0 amide bonds. The average molecular weight is 769 g/mol. The van der Waals surface area contributed by atoms with Gasteiger partial charge in [0.1, 0.15) is 22.3 Å². The highest BCUT2D eigenvalue weighted by Gasteiger charge is 2.23. The van der Waals surface area contributed by atoms with Crippen molar-refractivity contribution in [2.45, 2.75) is 0 Å². The first kappa shape index (κ1) is 34.0. The van der Waals surface area contributed by atoms with Crippen LogP contribution in [0.15, 0.2) is 227 Å². The van der Waals surface area contributed by atoms with E-state index in [4.69, 9.17) is 8.83 Å². The minimum Gasteiger partial charge on any atom is -0.456 e. The second-order valence-electron chi connectivity index (χ2n) is 15.3. The van der Waals surface area contributed by atoms with Gasteiger partial charge in [-0.05, 0) is 130 Å². The van der Waals surface area contributed by atoms with Crippen LogP contribution in [0.25, 0.3) is 76.5 Å². The van der Waals surface area contributed by atoms with Crippen LogP contribution in [0.1, 0.15) is 0 Å². The van der Waals surface area contributed by atoms with Crippen molar-refractivity contribution in [2.24, 2.45) is 0 Å². The van der Waals surface area contributed by atoms with Gasteiger partial charge in [0.15, 0.2) is 0 Å². The number of hydrogen-bond donors (Lipinski definition) is 0. The zero-order valence-corrected chi connectivity index (χ0v) is 32.5. The Morgan fingerprint density at radius 2 is 0.717 bits per heavy atom. The van der Waals surface area contributed by atoms with Crippen LogP contribution in [0, 0.1) is 0 Å². The highest BCUT2D eigenvalue weighted by molar-refractivity contribution is 6.25. The Bertz CT molecular complexity index is 3350. The summed E-state index contributed by atoms with van der Waals surface area (Å²) < 4.78 is 13.9. The van der Waals surface area contributed by atoms with E-state index in [0.29, 0.717) is 0 Å². The first-order valence-corrected chi connectivity index (χ1v) is 20.3. The Hall–Kier alpha value is -8.08. The highest BCUT2D eigenvalue weighted by atomic mass is 16.3. The molecule has 2 heterocycles. The van der Waals surface area contributed by atoms with Gasteiger partial charge < -0.3 is 18.6 Å². The van der Waals surface area contributed by atoms with Gasteiger partial charge in [0, 0.05) is 61.2 Å². The lowest BCUT2D eigenvalue weighted by Gasteiger charge is -2.25. The second kappa shape index (κ2) is 13.8. The van der Waals surface area contributed by atoms with Crippen LogP contribution in [0.2, 0.25) is 0 Å². The predicted octanol–water partition coefficient (Wildman–Crippen LogP) is 16.4. The zero-order valence-electron chi connectivity index (χ0n) is 32.5. The van der Waals surface area contributed by atoms with Crippen LogP contribution in [0.3, 0.4) is 0 Å². The van der Waals surface area contributed by atoms with Gasteiger partial charge in [0.2, 0.25) is 0 Å². The SMILES string of the molecule is c1ccc(-c2c3oc4cc5cc(N(c6ccccc6)c6ccccc6)ccc5cc4c3cc3oc4cc5cc(N(c6ccccc6)c6ccccc6)ccc5cc4c23)cc1. The Labute approximate surface area is 346 Å². The Morgan fingerprint density at radius 1 is 0.283 bits per heavy atom. The molecule has 0 aliphatic heterocycles. The standard InChI is InChI=1S/C56H36N2O2/c1-6-16-37(17-7-1)54-55-50-33-39-27-29-47(58(44-22-12-4-13-23-44)45-24-14-5-15-25-45)31-41(39)35-52(50)59-53(55)36-49-48-32-38-26-28-46(30-40(38)34-51(48)60-56(49)54)57(42-18-8-2-9-19-42)43-20-10-3-11-21-43/h1-36H. The fourth-order valence-electron chi connectivity index (χ4n) is 8.99. The molecule has 282 valence electrons. The van der Waals surface area contributed by atoms with Crippen LogP contribution < -0.4 is 9.80 Å².